The second-order valence-electron chi connectivity index (χ2n) is 14.6. The predicted molar refractivity (Wildman–Crippen MR) is 254 cm³/mol. The summed E-state index contributed by atoms with van der Waals surface area (Å²) in [6.07, 6.45) is 15.0. The Morgan fingerprint density at radius 2 is 1.08 bits per heavy atom. The van der Waals surface area contributed by atoms with Gasteiger partial charge in [-0.3, -0.25) is 4.98 Å². The van der Waals surface area contributed by atoms with Crippen LogP contribution in [0.1, 0.15) is 34.9 Å². The first kappa shape index (κ1) is 39.2. The predicted octanol–water partition coefficient (Wildman–Crippen LogP) is 15.0. The topological polar surface area (TPSA) is 25.8 Å². The van der Waals surface area contributed by atoms with Crippen LogP contribution >= 0.6 is 0 Å². The van der Waals surface area contributed by atoms with Crippen LogP contribution in [0.2, 0.25) is 0 Å². The van der Waals surface area contributed by atoms with Gasteiger partial charge in [0.05, 0.1) is 16.8 Å². The molecule has 1 aliphatic rings. The van der Waals surface area contributed by atoms with E-state index >= 15 is 0 Å². The van der Waals surface area contributed by atoms with Crippen LogP contribution in [0.5, 0.6) is 0 Å². The van der Waals surface area contributed by atoms with Crippen LogP contribution in [0.15, 0.2) is 245 Å². The van der Waals surface area contributed by atoms with Crippen molar-refractivity contribution in [2.45, 2.75) is 12.3 Å². The molecule has 288 valence electrons. The number of hydrogen-bond acceptors (Lipinski definition) is 2. The van der Waals surface area contributed by atoms with Gasteiger partial charge in [0.25, 0.3) is 0 Å². The molecular formula is C58H46N2. The van der Waals surface area contributed by atoms with Crippen LogP contribution in [-0.4, -0.2) is 9.97 Å². The lowest BCUT2D eigenvalue weighted by Crippen LogP contribution is -2.28. The van der Waals surface area contributed by atoms with Crippen LogP contribution in [0.4, 0.5) is 0 Å². The number of rotatable bonds is 10. The van der Waals surface area contributed by atoms with E-state index < -0.39 is 5.41 Å². The van der Waals surface area contributed by atoms with Gasteiger partial charge in [0.2, 0.25) is 0 Å². The second kappa shape index (κ2) is 17.9. The SMILES string of the molecule is C=C/C=C(\C=C)c1cc(-c2ccccc2)cc(-c2cccc(-c3cccc(-c4cccc5c4-c4ccccc4C5(c4ccccc4)c4ccncc4)c3)c2)n1.C=C/C=C\C. The van der Waals surface area contributed by atoms with E-state index in [1.54, 1.807) is 12.2 Å². The number of allylic oxidation sites excluding steroid dienone is 7. The van der Waals surface area contributed by atoms with Crippen molar-refractivity contribution in [1.29, 1.82) is 0 Å². The van der Waals surface area contributed by atoms with Crippen molar-refractivity contribution in [3.8, 4) is 55.8 Å². The van der Waals surface area contributed by atoms with Gasteiger partial charge in [-0.05, 0) is 116 Å². The van der Waals surface area contributed by atoms with E-state index in [2.05, 4.69) is 195 Å². The molecule has 0 amide bonds. The molecule has 0 fully saturated rings. The maximum Gasteiger partial charge on any atom is 0.0715 e. The fraction of sp³-hybridized carbons (Fsp3) is 0.0345. The standard InChI is InChI=1S/C53H38N2.C5H8/c1-3-16-37(4-2)50-35-43(38-17-7-5-8-18-38)36-51(55-50)42-22-14-20-40(34-42)39-19-13-21-41(33-39)46-26-15-28-49-52(46)47-25-11-12-27-48(47)53(49,44-23-9-6-10-24-44)45-29-31-54-32-30-45;1-3-5-4-2/h3-36H,1-2H2;3-5H,1H2,2H3/b37-16+;5-4-. The molecule has 0 spiro atoms. The van der Waals surface area contributed by atoms with E-state index in [1.165, 1.54) is 44.5 Å². The van der Waals surface area contributed by atoms with Crippen molar-refractivity contribution in [1.82, 2.24) is 9.97 Å². The Labute approximate surface area is 354 Å². The third-order valence-electron chi connectivity index (χ3n) is 11.1. The van der Waals surface area contributed by atoms with Gasteiger partial charge in [0.1, 0.15) is 0 Å². The summed E-state index contributed by atoms with van der Waals surface area (Å²) in [5, 5.41) is 0. The Morgan fingerprint density at radius 1 is 0.500 bits per heavy atom. The molecule has 0 saturated carbocycles. The normalized spacial score (nSPS) is 14.1. The molecule has 0 radical (unpaired) electrons. The highest BCUT2D eigenvalue weighted by molar-refractivity contribution is 5.96. The summed E-state index contributed by atoms with van der Waals surface area (Å²) in [5.41, 5.74) is 17.7. The lowest BCUT2D eigenvalue weighted by atomic mass is 9.68. The first-order chi connectivity index (χ1) is 29.6. The molecule has 1 atom stereocenters. The number of aromatic nitrogens is 2. The molecule has 1 unspecified atom stereocenters. The summed E-state index contributed by atoms with van der Waals surface area (Å²) in [6.45, 7) is 13.4. The van der Waals surface area contributed by atoms with E-state index in [0.29, 0.717) is 0 Å². The van der Waals surface area contributed by atoms with Crippen molar-refractivity contribution in [3.05, 3.63) is 272 Å². The highest BCUT2D eigenvalue weighted by Gasteiger charge is 2.46. The van der Waals surface area contributed by atoms with Crippen molar-refractivity contribution in [3.63, 3.8) is 0 Å². The fourth-order valence-electron chi connectivity index (χ4n) is 8.52. The monoisotopic (exact) mass is 770 g/mol. The number of hydrogen-bond donors (Lipinski definition) is 0. The van der Waals surface area contributed by atoms with Gasteiger partial charge in [-0.15, -0.1) is 0 Å². The Hall–Kier alpha value is -7.68. The molecule has 9 rings (SSSR count). The number of nitrogens with zero attached hydrogens (tertiary/aromatic N) is 2. The van der Waals surface area contributed by atoms with E-state index in [0.717, 1.165) is 44.8 Å². The average Bonchev–Trinajstić information content (AvgIpc) is 3.63. The van der Waals surface area contributed by atoms with Crippen LogP contribution < -0.4 is 0 Å². The van der Waals surface area contributed by atoms with Crippen LogP contribution in [0.3, 0.4) is 0 Å². The fourth-order valence-corrected chi connectivity index (χ4v) is 8.52. The molecule has 0 saturated heterocycles. The molecule has 60 heavy (non-hydrogen) atoms. The smallest absolute Gasteiger partial charge is 0.0715 e. The summed E-state index contributed by atoms with van der Waals surface area (Å²) >= 11 is 0. The highest BCUT2D eigenvalue weighted by Crippen LogP contribution is 2.58. The minimum atomic E-state index is -0.482. The number of pyridine rings is 2. The van der Waals surface area contributed by atoms with Gasteiger partial charge in [-0.25, -0.2) is 4.98 Å². The molecule has 0 bridgehead atoms. The summed E-state index contributed by atoms with van der Waals surface area (Å²) in [4.78, 5) is 9.56. The minimum Gasteiger partial charge on any atom is -0.265 e. The molecule has 6 aromatic carbocycles. The molecule has 2 heterocycles. The van der Waals surface area contributed by atoms with Crippen LogP contribution in [0.25, 0.3) is 61.3 Å². The summed E-state index contributed by atoms with van der Waals surface area (Å²) < 4.78 is 0. The van der Waals surface area contributed by atoms with Crippen molar-refractivity contribution >= 4 is 5.57 Å². The summed E-state index contributed by atoms with van der Waals surface area (Å²) in [7, 11) is 0. The molecule has 2 aromatic heterocycles. The Kier molecular flexibility index (Phi) is 11.7. The Morgan fingerprint density at radius 3 is 1.77 bits per heavy atom. The maximum atomic E-state index is 5.15. The highest BCUT2D eigenvalue weighted by atomic mass is 14.7. The van der Waals surface area contributed by atoms with E-state index in [9.17, 15) is 0 Å². The largest absolute Gasteiger partial charge is 0.265 e. The number of benzene rings is 6. The van der Waals surface area contributed by atoms with Crippen molar-refractivity contribution in [2.24, 2.45) is 0 Å². The van der Waals surface area contributed by atoms with E-state index in [1.807, 2.05) is 49.7 Å². The van der Waals surface area contributed by atoms with Gasteiger partial charge in [-0.2, -0.15) is 0 Å². The molecule has 2 nitrogen and oxygen atoms in total. The zero-order valence-corrected chi connectivity index (χ0v) is 33.9. The van der Waals surface area contributed by atoms with Crippen molar-refractivity contribution in [2.75, 3.05) is 0 Å². The third-order valence-corrected chi connectivity index (χ3v) is 11.1. The lowest BCUT2D eigenvalue weighted by Gasteiger charge is -2.33. The zero-order chi connectivity index (χ0) is 41.3. The molecule has 8 aromatic rings. The first-order valence-electron chi connectivity index (χ1n) is 20.3. The molecule has 2 heteroatoms. The maximum absolute atomic E-state index is 5.15. The lowest BCUT2D eigenvalue weighted by molar-refractivity contribution is 0.766. The number of fused-ring (bicyclic) bond motifs is 3. The third kappa shape index (κ3) is 7.43. The minimum absolute atomic E-state index is 0.482. The second-order valence-corrected chi connectivity index (χ2v) is 14.6. The quantitative estimate of drug-likeness (QED) is 0.129. The van der Waals surface area contributed by atoms with Gasteiger partial charge in [-0.1, -0.05) is 196 Å². The Balaban J connectivity index is 0.000000943. The van der Waals surface area contributed by atoms with E-state index in [-0.39, 0.29) is 0 Å². The average molecular weight is 771 g/mol. The summed E-state index contributed by atoms with van der Waals surface area (Å²) in [6, 6.07) is 63.3. The van der Waals surface area contributed by atoms with Gasteiger partial charge in [0, 0.05) is 18.0 Å². The van der Waals surface area contributed by atoms with Gasteiger partial charge < -0.3 is 0 Å². The molecule has 0 aliphatic heterocycles. The Bertz CT molecular complexity index is 2820. The first-order valence-corrected chi connectivity index (χ1v) is 20.3. The van der Waals surface area contributed by atoms with Gasteiger partial charge in [0.15, 0.2) is 0 Å². The molecule has 0 N–H and O–H groups in total. The molecule has 1 aliphatic carbocycles. The van der Waals surface area contributed by atoms with Crippen LogP contribution in [0, 0.1) is 0 Å². The van der Waals surface area contributed by atoms with Crippen molar-refractivity contribution < 1.29 is 0 Å². The van der Waals surface area contributed by atoms with E-state index in [4.69, 9.17) is 4.98 Å². The van der Waals surface area contributed by atoms with Crippen LogP contribution in [-0.2, 0) is 5.41 Å². The zero-order valence-electron chi connectivity index (χ0n) is 33.9. The summed E-state index contributed by atoms with van der Waals surface area (Å²) in [5.74, 6) is 0. The van der Waals surface area contributed by atoms with Gasteiger partial charge >= 0.3 is 0 Å². The molecular weight excluding hydrogens is 725 g/mol.